The van der Waals surface area contributed by atoms with E-state index in [0.29, 0.717) is 6.67 Å². The summed E-state index contributed by atoms with van der Waals surface area (Å²) >= 11 is 1.88. The molecule has 1 aliphatic heterocycles. The molecule has 0 spiro atoms. The Balaban J connectivity index is 1.02. The minimum absolute atomic E-state index is 0.233. The molecule has 2 aromatic heterocycles. The van der Waals surface area contributed by atoms with Crippen LogP contribution in [0.3, 0.4) is 0 Å². The lowest BCUT2D eigenvalue weighted by Crippen LogP contribution is -2.28. The molecule has 10 aromatic rings. The van der Waals surface area contributed by atoms with Crippen molar-refractivity contribution in [1.29, 1.82) is 0 Å². The molecular formula is C53H37N3S. The summed E-state index contributed by atoms with van der Waals surface area (Å²) in [5.74, 6) is 0. The molecule has 3 heterocycles. The Morgan fingerprint density at radius 2 is 1.21 bits per heavy atom. The molecule has 3 nitrogen and oxygen atoms in total. The first kappa shape index (κ1) is 32.6. The maximum Gasteiger partial charge on any atom is 0.115 e. The van der Waals surface area contributed by atoms with Crippen molar-refractivity contribution in [3.05, 3.63) is 216 Å². The number of nitrogens with zero attached hydrogens (tertiary/aromatic N) is 2. The van der Waals surface area contributed by atoms with Crippen LogP contribution in [0.5, 0.6) is 0 Å². The van der Waals surface area contributed by atoms with Gasteiger partial charge in [0.2, 0.25) is 0 Å². The lowest BCUT2D eigenvalue weighted by atomic mass is 9.67. The van der Waals surface area contributed by atoms with Gasteiger partial charge in [-0.3, -0.25) is 4.99 Å². The molecule has 270 valence electrons. The van der Waals surface area contributed by atoms with Gasteiger partial charge in [-0.05, 0) is 74.3 Å². The summed E-state index contributed by atoms with van der Waals surface area (Å²) in [7, 11) is 0. The predicted octanol–water partition coefficient (Wildman–Crippen LogP) is 12.6. The Kier molecular flexibility index (Phi) is 7.28. The summed E-state index contributed by atoms with van der Waals surface area (Å²) < 4.78 is 5.09. The van der Waals surface area contributed by atoms with E-state index in [2.05, 4.69) is 198 Å². The van der Waals surface area contributed by atoms with Gasteiger partial charge in [-0.2, -0.15) is 0 Å². The Hall–Kier alpha value is -6.59. The standard InChI is InChI=1S/C53H37N3S/c1-2-16-36(17-3-1)53(45-24-8-4-18-39(45)40-19-5-9-25-46(40)53)37-28-29-42-41-20-6-10-26-48(41)56(49(42)31-37)33-55-51(47-32-54-47)35-15-12-14-34(30-35)38-22-13-23-44-43-21-7-11-27-50(43)57-52(38)44/h1-31,47,54H,32-33H2. The van der Waals surface area contributed by atoms with Gasteiger partial charge in [0.05, 0.1) is 28.2 Å². The van der Waals surface area contributed by atoms with Gasteiger partial charge in [0, 0.05) is 37.5 Å². The van der Waals surface area contributed by atoms with E-state index >= 15 is 0 Å². The molecule has 0 saturated carbocycles. The van der Waals surface area contributed by atoms with Gasteiger partial charge >= 0.3 is 0 Å². The number of aromatic nitrogens is 1. The van der Waals surface area contributed by atoms with E-state index in [1.54, 1.807) is 0 Å². The Morgan fingerprint density at radius 3 is 2.02 bits per heavy atom. The highest BCUT2D eigenvalue weighted by molar-refractivity contribution is 7.26. The van der Waals surface area contributed by atoms with Crippen molar-refractivity contribution < 1.29 is 0 Å². The summed E-state index contributed by atoms with van der Waals surface area (Å²) in [4.78, 5) is 5.52. The van der Waals surface area contributed by atoms with Crippen LogP contribution >= 0.6 is 11.3 Å². The van der Waals surface area contributed by atoms with E-state index in [-0.39, 0.29) is 6.04 Å². The summed E-state index contributed by atoms with van der Waals surface area (Å²) in [5.41, 5.74) is 14.5. The molecule has 1 aliphatic carbocycles. The van der Waals surface area contributed by atoms with Gasteiger partial charge < -0.3 is 9.88 Å². The van der Waals surface area contributed by atoms with Gasteiger partial charge in [-0.15, -0.1) is 11.3 Å². The van der Waals surface area contributed by atoms with Crippen LogP contribution in [0.25, 0.3) is 64.2 Å². The first-order chi connectivity index (χ1) is 28.3. The van der Waals surface area contributed by atoms with E-state index < -0.39 is 5.41 Å². The molecule has 1 atom stereocenters. The minimum atomic E-state index is -0.464. The second-order valence-corrected chi connectivity index (χ2v) is 16.4. The first-order valence-corrected chi connectivity index (χ1v) is 20.6. The fourth-order valence-corrected chi connectivity index (χ4v) is 11.0. The number of para-hydroxylation sites is 1. The summed E-state index contributed by atoms with van der Waals surface area (Å²) in [5, 5.41) is 8.74. The maximum absolute atomic E-state index is 5.52. The normalized spacial score (nSPS) is 15.7. The largest absolute Gasteiger partial charge is 0.320 e. The second kappa shape index (κ2) is 12.7. The maximum atomic E-state index is 5.52. The van der Waals surface area contributed by atoms with Crippen LogP contribution in [0, 0.1) is 0 Å². The van der Waals surface area contributed by atoms with Gasteiger partial charge in [0.15, 0.2) is 0 Å². The molecule has 0 bridgehead atoms. The number of thiophene rings is 1. The van der Waals surface area contributed by atoms with E-state index in [9.17, 15) is 0 Å². The highest BCUT2D eigenvalue weighted by Crippen LogP contribution is 2.56. The average Bonchev–Trinajstić information content (AvgIpc) is 3.88. The van der Waals surface area contributed by atoms with Crippen molar-refractivity contribution in [2.24, 2.45) is 4.99 Å². The Morgan fingerprint density at radius 1 is 0.561 bits per heavy atom. The van der Waals surface area contributed by atoms with Crippen LogP contribution in [0.4, 0.5) is 0 Å². The third kappa shape index (κ3) is 4.91. The lowest BCUT2D eigenvalue weighted by molar-refractivity contribution is 0.762. The average molecular weight is 748 g/mol. The van der Waals surface area contributed by atoms with Crippen molar-refractivity contribution in [2.75, 3.05) is 6.54 Å². The topological polar surface area (TPSA) is 39.2 Å². The summed E-state index contributed by atoms with van der Waals surface area (Å²) in [6.45, 7) is 1.45. The summed E-state index contributed by atoms with van der Waals surface area (Å²) in [6.07, 6.45) is 0. The molecule has 0 radical (unpaired) electrons. The number of fused-ring (bicyclic) bond motifs is 9. The second-order valence-electron chi connectivity index (χ2n) is 15.4. The van der Waals surface area contributed by atoms with Crippen molar-refractivity contribution >= 4 is 59.0 Å². The van der Waals surface area contributed by atoms with Crippen LogP contribution in [0.15, 0.2) is 193 Å². The van der Waals surface area contributed by atoms with Gasteiger partial charge in [-0.25, -0.2) is 0 Å². The molecule has 1 unspecified atom stereocenters. The minimum Gasteiger partial charge on any atom is -0.320 e. The predicted molar refractivity (Wildman–Crippen MR) is 240 cm³/mol. The number of hydrogen-bond donors (Lipinski definition) is 1. The molecule has 1 N–H and O–H groups in total. The molecule has 0 amide bonds. The molecule has 8 aromatic carbocycles. The van der Waals surface area contributed by atoms with Crippen molar-refractivity contribution in [2.45, 2.75) is 18.1 Å². The Bertz CT molecular complexity index is 3190. The van der Waals surface area contributed by atoms with Crippen LogP contribution < -0.4 is 5.32 Å². The fourth-order valence-electron chi connectivity index (χ4n) is 9.77. The molecule has 1 fully saturated rings. The van der Waals surface area contributed by atoms with Crippen LogP contribution in [0.1, 0.15) is 27.8 Å². The van der Waals surface area contributed by atoms with Gasteiger partial charge in [0.25, 0.3) is 0 Å². The number of nitrogens with one attached hydrogen (secondary N) is 1. The highest BCUT2D eigenvalue weighted by atomic mass is 32.1. The van der Waals surface area contributed by atoms with E-state index in [1.807, 2.05) is 11.3 Å². The quantitative estimate of drug-likeness (QED) is 0.128. The monoisotopic (exact) mass is 747 g/mol. The molecule has 2 aliphatic rings. The van der Waals surface area contributed by atoms with Crippen LogP contribution in [-0.2, 0) is 12.1 Å². The molecule has 1 saturated heterocycles. The fraction of sp³-hybridized carbons (Fsp3) is 0.0755. The number of rotatable bonds is 7. The zero-order valence-electron chi connectivity index (χ0n) is 31.2. The Labute approximate surface area is 335 Å². The number of benzene rings is 8. The molecule has 4 heteroatoms. The smallest absolute Gasteiger partial charge is 0.115 e. The van der Waals surface area contributed by atoms with E-state index in [1.165, 1.54) is 92.0 Å². The van der Waals surface area contributed by atoms with E-state index in [0.717, 1.165) is 12.3 Å². The first-order valence-electron chi connectivity index (χ1n) is 19.8. The molecule has 57 heavy (non-hydrogen) atoms. The highest BCUT2D eigenvalue weighted by Gasteiger charge is 2.46. The van der Waals surface area contributed by atoms with Gasteiger partial charge in [-0.1, -0.05) is 164 Å². The van der Waals surface area contributed by atoms with Crippen molar-refractivity contribution in [1.82, 2.24) is 9.88 Å². The van der Waals surface area contributed by atoms with E-state index in [4.69, 9.17) is 4.99 Å². The van der Waals surface area contributed by atoms with Crippen molar-refractivity contribution in [3.8, 4) is 22.3 Å². The number of hydrogen-bond acceptors (Lipinski definition) is 3. The summed E-state index contributed by atoms with van der Waals surface area (Å²) in [6, 6.07) is 69.7. The molecule has 12 rings (SSSR count). The zero-order valence-corrected chi connectivity index (χ0v) is 32.0. The van der Waals surface area contributed by atoms with Crippen molar-refractivity contribution in [3.63, 3.8) is 0 Å². The molecular weight excluding hydrogens is 711 g/mol. The van der Waals surface area contributed by atoms with Gasteiger partial charge in [0.1, 0.15) is 6.67 Å². The number of aliphatic imine (C=N–C) groups is 1. The SMILES string of the molecule is c1ccc(C2(c3ccc4c5ccccc5n(CN=C(c5cccc(-c6cccc7c6sc6ccccc67)c5)C5CN5)c4c3)c3ccccc3-c3ccccc32)cc1. The van der Waals surface area contributed by atoms with Crippen LogP contribution in [0.2, 0.25) is 0 Å². The lowest BCUT2D eigenvalue weighted by Gasteiger charge is -2.34. The zero-order chi connectivity index (χ0) is 37.5. The van der Waals surface area contributed by atoms with Crippen LogP contribution in [-0.4, -0.2) is 22.9 Å². The third-order valence-corrected chi connectivity index (χ3v) is 13.6. The third-order valence-electron chi connectivity index (χ3n) is 12.4.